The van der Waals surface area contributed by atoms with Gasteiger partial charge in [0, 0.05) is 6.54 Å². The molecule has 0 N–H and O–H groups in total. The lowest BCUT2D eigenvalue weighted by molar-refractivity contribution is 0.117. The number of likely N-dealkylation sites (tertiary alicyclic amines) is 1. The molecule has 2 heteroatoms. The van der Waals surface area contributed by atoms with E-state index in [-0.39, 0.29) is 0 Å². The van der Waals surface area contributed by atoms with Crippen LogP contribution < -0.4 is 0 Å². The normalized spacial score (nSPS) is 18.9. The van der Waals surface area contributed by atoms with Crippen LogP contribution in [0.1, 0.15) is 19.3 Å². The van der Waals surface area contributed by atoms with Crippen LogP contribution in [0.2, 0.25) is 0 Å². The molecule has 0 saturated carbocycles. The second-order valence-corrected chi connectivity index (χ2v) is 3.16. The van der Waals surface area contributed by atoms with E-state index in [4.69, 9.17) is 11.2 Å². The van der Waals surface area contributed by atoms with Gasteiger partial charge in [0.15, 0.2) is 0 Å². The highest BCUT2D eigenvalue weighted by Gasteiger charge is 2.08. The zero-order chi connectivity index (χ0) is 8.65. The van der Waals surface area contributed by atoms with Crippen molar-refractivity contribution in [3.63, 3.8) is 0 Å². The van der Waals surface area contributed by atoms with Crippen molar-refractivity contribution in [3.05, 3.63) is 0 Å². The van der Waals surface area contributed by atoms with Gasteiger partial charge in [0.25, 0.3) is 0 Å². The van der Waals surface area contributed by atoms with Crippen LogP contribution in [0.5, 0.6) is 0 Å². The third-order valence-corrected chi connectivity index (χ3v) is 2.19. The number of ether oxygens (including phenoxy) is 1. The first-order chi connectivity index (χ1) is 5.93. The number of hydrogen-bond donors (Lipinski definition) is 0. The zero-order valence-electron chi connectivity index (χ0n) is 7.59. The monoisotopic (exact) mass is 167 g/mol. The first-order valence-electron chi connectivity index (χ1n) is 4.67. The Kier molecular flexibility index (Phi) is 4.82. The minimum absolute atomic E-state index is 0.452. The van der Waals surface area contributed by atoms with Crippen molar-refractivity contribution in [3.8, 4) is 12.3 Å². The molecule has 0 unspecified atom stereocenters. The van der Waals surface area contributed by atoms with Crippen LogP contribution in [-0.2, 0) is 4.74 Å². The molecule has 0 radical (unpaired) electrons. The lowest BCUT2D eigenvalue weighted by Crippen LogP contribution is -2.32. The molecule has 0 aromatic rings. The summed E-state index contributed by atoms with van der Waals surface area (Å²) in [6.45, 7) is 4.75. The Labute approximate surface area is 74.9 Å². The molecule has 1 aliphatic rings. The topological polar surface area (TPSA) is 12.5 Å². The summed E-state index contributed by atoms with van der Waals surface area (Å²) >= 11 is 0. The van der Waals surface area contributed by atoms with Gasteiger partial charge in [0.2, 0.25) is 0 Å². The number of hydrogen-bond acceptors (Lipinski definition) is 2. The summed E-state index contributed by atoms with van der Waals surface area (Å²) < 4.78 is 5.21. The Hall–Kier alpha value is -0.520. The maximum absolute atomic E-state index is 5.21. The second kappa shape index (κ2) is 6.05. The smallest absolute Gasteiger partial charge is 0.107 e. The highest BCUT2D eigenvalue weighted by atomic mass is 16.5. The van der Waals surface area contributed by atoms with Gasteiger partial charge in [-0.3, -0.25) is 0 Å². The van der Waals surface area contributed by atoms with Gasteiger partial charge in [-0.05, 0) is 25.9 Å². The highest BCUT2D eigenvalue weighted by Crippen LogP contribution is 2.07. The molecule has 0 aliphatic carbocycles. The highest BCUT2D eigenvalue weighted by molar-refractivity contribution is 4.82. The predicted molar refractivity (Wildman–Crippen MR) is 49.9 cm³/mol. The van der Waals surface area contributed by atoms with Crippen molar-refractivity contribution in [2.45, 2.75) is 19.3 Å². The first-order valence-corrected chi connectivity index (χ1v) is 4.67. The molecule has 12 heavy (non-hydrogen) atoms. The fraction of sp³-hybridized carbons (Fsp3) is 0.800. The van der Waals surface area contributed by atoms with E-state index < -0.39 is 0 Å². The van der Waals surface area contributed by atoms with Gasteiger partial charge in [-0.15, -0.1) is 6.42 Å². The summed E-state index contributed by atoms with van der Waals surface area (Å²) in [5.74, 6) is 2.46. The van der Waals surface area contributed by atoms with Crippen molar-refractivity contribution < 1.29 is 4.74 Å². The lowest BCUT2D eigenvalue weighted by atomic mass is 10.1. The molecule has 0 amide bonds. The molecular weight excluding hydrogens is 150 g/mol. The Morgan fingerprint density at radius 1 is 1.25 bits per heavy atom. The molecule has 68 valence electrons. The van der Waals surface area contributed by atoms with E-state index in [0.717, 1.165) is 13.2 Å². The standard InChI is InChI=1S/C10H17NO/c1-2-9-12-10-8-11-6-4-3-5-7-11/h1H,3-10H2. The molecule has 1 heterocycles. The Balaban J connectivity index is 1.95. The molecular formula is C10H17NO. The summed E-state index contributed by atoms with van der Waals surface area (Å²) in [6.07, 6.45) is 9.13. The van der Waals surface area contributed by atoms with E-state index in [0.29, 0.717) is 6.61 Å². The van der Waals surface area contributed by atoms with Crippen LogP contribution in [0.25, 0.3) is 0 Å². The summed E-state index contributed by atoms with van der Waals surface area (Å²) in [7, 11) is 0. The van der Waals surface area contributed by atoms with Gasteiger partial charge >= 0.3 is 0 Å². The molecule has 0 aromatic heterocycles. The van der Waals surface area contributed by atoms with Crippen molar-refractivity contribution in [2.75, 3.05) is 32.8 Å². The first kappa shape index (κ1) is 9.57. The quantitative estimate of drug-likeness (QED) is 0.459. The molecule has 1 fully saturated rings. The van der Waals surface area contributed by atoms with E-state index in [1.807, 2.05) is 0 Å². The van der Waals surface area contributed by atoms with Gasteiger partial charge in [-0.25, -0.2) is 0 Å². The number of piperidine rings is 1. The minimum Gasteiger partial charge on any atom is -0.367 e. The van der Waals surface area contributed by atoms with Crippen molar-refractivity contribution in [1.29, 1.82) is 0 Å². The van der Waals surface area contributed by atoms with E-state index in [1.54, 1.807) is 0 Å². The fourth-order valence-corrected chi connectivity index (χ4v) is 1.51. The van der Waals surface area contributed by atoms with Crippen LogP contribution in [0.3, 0.4) is 0 Å². The summed E-state index contributed by atoms with van der Waals surface area (Å²) in [4.78, 5) is 2.44. The molecule has 2 nitrogen and oxygen atoms in total. The number of rotatable bonds is 4. The van der Waals surface area contributed by atoms with Gasteiger partial charge in [-0.2, -0.15) is 0 Å². The predicted octanol–water partition coefficient (Wildman–Crippen LogP) is 1.12. The molecule has 0 spiro atoms. The van der Waals surface area contributed by atoms with E-state index in [2.05, 4.69) is 10.8 Å². The van der Waals surface area contributed by atoms with E-state index >= 15 is 0 Å². The molecule has 0 bridgehead atoms. The van der Waals surface area contributed by atoms with Gasteiger partial charge in [-0.1, -0.05) is 12.3 Å². The van der Waals surface area contributed by atoms with E-state index in [9.17, 15) is 0 Å². The molecule has 0 aromatic carbocycles. The van der Waals surface area contributed by atoms with Crippen LogP contribution >= 0.6 is 0 Å². The van der Waals surface area contributed by atoms with Crippen LogP contribution in [-0.4, -0.2) is 37.7 Å². The summed E-state index contributed by atoms with van der Waals surface area (Å²) in [5, 5.41) is 0. The summed E-state index contributed by atoms with van der Waals surface area (Å²) in [5.41, 5.74) is 0. The Morgan fingerprint density at radius 3 is 2.67 bits per heavy atom. The number of nitrogens with zero attached hydrogens (tertiary/aromatic N) is 1. The third-order valence-electron chi connectivity index (χ3n) is 2.19. The largest absolute Gasteiger partial charge is 0.367 e. The van der Waals surface area contributed by atoms with Crippen LogP contribution in [0.4, 0.5) is 0 Å². The van der Waals surface area contributed by atoms with Crippen molar-refractivity contribution >= 4 is 0 Å². The molecule has 1 aliphatic heterocycles. The molecule has 1 saturated heterocycles. The third kappa shape index (κ3) is 3.75. The molecule has 1 rings (SSSR count). The average Bonchev–Trinajstić information content (AvgIpc) is 2.14. The number of terminal acetylenes is 1. The Morgan fingerprint density at radius 2 is 2.00 bits per heavy atom. The van der Waals surface area contributed by atoms with E-state index in [1.165, 1.54) is 32.4 Å². The maximum Gasteiger partial charge on any atom is 0.107 e. The zero-order valence-corrected chi connectivity index (χ0v) is 7.59. The van der Waals surface area contributed by atoms with Gasteiger partial charge in [0.1, 0.15) is 6.61 Å². The van der Waals surface area contributed by atoms with Crippen molar-refractivity contribution in [1.82, 2.24) is 4.90 Å². The van der Waals surface area contributed by atoms with Gasteiger partial charge in [0.05, 0.1) is 6.61 Å². The summed E-state index contributed by atoms with van der Waals surface area (Å²) in [6, 6.07) is 0. The fourth-order valence-electron chi connectivity index (χ4n) is 1.51. The van der Waals surface area contributed by atoms with Crippen LogP contribution in [0, 0.1) is 12.3 Å². The van der Waals surface area contributed by atoms with Crippen molar-refractivity contribution in [2.24, 2.45) is 0 Å². The Bertz CT molecular complexity index is 144. The maximum atomic E-state index is 5.21. The SMILES string of the molecule is C#CCOCCN1CCCCC1. The average molecular weight is 167 g/mol. The van der Waals surface area contributed by atoms with Crippen LogP contribution in [0.15, 0.2) is 0 Å². The lowest BCUT2D eigenvalue weighted by Gasteiger charge is -2.25. The minimum atomic E-state index is 0.452. The van der Waals surface area contributed by atoms with Gasteiger partial charge < -0.3 is 9.64 Å². The second-order valence-electron chi connectivity index (χ2n) is 3.16. The molecule has 0 atom stereocenters.